The lowest BCUT2D eigenvalue weighted by Gasteiger charge is -2.45. The third-order valence-corrected chi connectivity index (χ3v) is 7.16. The van der Waals surface area contributed by atoms with E-state index in [1.54, 1.807) is 30.8 Å². The van der Waals surface area contributed by atoms with Crippen LogP contribution in [0.15, 0.2) is 54.6 Å². The number of hydrogen-bond acceptors (Lipinski definition) is 4. The average molecular weight is 539 g/mol. The van der Waals surface area contributed by atoms with Gasteiger partial charge in [0.15, 0.2) is 11.6 Å². The van der Waals surface area contributed by atoms with Gasteiger partial charge in [-0.3, -0.25) is 0 Å². The number of nitrogens with zero attached hydrogens (tertiary/aromatic N) is 2. The summed E-state index contributed by atoms with van der Waals surface area (Å²) >= 11 is 0. The van der Waals surface area contributed by atoms with Crippen LogP contribution in [0.4, 0.5) is 18.0 Å². The lowest BCUT2D eigenvalue weighted by atomic mass is 9.64. The fourth-order valence-electron chi connectivity index (χ4n) is 5.36. The van der Waals surface area contributed by atoms with E-state index in [2.05, 4.69) is 0 Å². The zero-order valence-electron chi connectivity index (χ0n) is 21.3. The van der Waals surface area contributed by atoms with Crippen molar-refractivity contribution >= 4 is 23.0 Å². The summed E-state index contributed by atoms with van der Waals surface area (Å²) in [5.74, 6) is -4.39. The van der Waals surface area contributed by atoms with Crippen molar-refractivity contribution in [1.29, 1.82) is 0 Å². The second kappa shape index (κ2) is 9.37. The molecule has 4 aromatic rings. The van der Waals surface area contributed by atoms with Crippen molar-refractivity contribution in [3.05, 3.63) is 83.3 Å². The number of benzene rings is 3. The molecule has 0 bridgehead atoms. The lowest BCUT2D eigenvalue weighted by Crippen LogP contribution is -2.47. The summed E-state index contributed by atoms with van der Waals surface area (Å²) in [4.78, 5) is 24.9. The average Bonchev–Trinajstić information content (AvgIpc) is 3.20. The predicted molar refractivity (Wildman–Crippen MR) is 138 cm³/mol. The third-order valence-electron chi connectivity index (χ3n) is 7.16. The topological polar surface area (TPSA) is 92.0 Å². The molecule has 39 heavy (non-hydrogen) atoms. The van der Waals surface area contributed by atoms with Crippen LogP contribution in [0.25, 0.3) is 27.7 Å². The fraction of sp³-hybridized carbons (Fsp3) is 0.241. The Kier molecular flexibility index (Phi) is 6.28. The first-order valence-electron chi connectivity index (χ1n) is 12.1. The van der Waals surface area contributed by atoms with E-state index >= 15 is 0 Å². The summed E-state index contributed by atoms with van der Waals surface area (Å²) in [7, 11) is 3.13. The monoisotopic (exact) mass is 538 g/mol. The molecule has 0 unspecified atom stereocenters. The highest BCUT2D eigenvalue weighted by Gasteiger charge is 2.48. The number of carboxylic acids is 1. The SMILES string of the molecule is CN(C)C(=O)OC1CC(C)(c2c(-c3ccc(C(=O)O)cc3)c3c(O)cc(F)cc3n2-c2ccc(F)c(F)c2)C1. The van der Waals surface area contributed by atoms with Crippen LogP contribution in [-0.4, -0.2) is 51.9 Å². The number of carbonyl (C=O) groups is 2. The molecule has 5 rings (SSSR count). The second-order valence-corrected chi connectivity index (χ2v) is 10.2. The number of amides is 1. The predicted octanol–water partition coefficient (Wildman–Crippen LogP) is 6.24. The van der Waals surface area contributed by atoms with E-state index in [1.165, 1.54) is 29.2 Å². The van der Waals surface area contributed by atoms with Gasteiger partial charge >= 0.3 is 12.1 Å². The lowest BCUT2D eigenvalue weighted by molar-refractivity contribution is -0.00739. The first kappa shape index (κ1) is 26.1. The number of ether oxygens (including phenoxy) is 1. The Hall–Kier alpha value is -4.47. The first-order valence-corrected chi connectivity index (χ1v) is 12.1. The summed E-state index contributed by atoms with van der Waals surface area (Å²) in [5.41, 5.74) is 1.28. The van der Waals surface area contributed by atoms with Gasteiger partial charge in [-0.15, -0.1) is 0 Å². The van der Waals surface area contributed by atoms with E-state index in [-0.39, 0.29) is 27.9 Å². The maximum atomic E-state index is 14.7. The molecule has 1 saturated carbocycles. The number of hydrogen-bond donors (Lipinski definition) is 2. The standard InChI is InChI=1S/C29H25F3N2O5/c1-29(13-19(14-29)39-28(38)33(2)3)26-24(15-4-6-16(7-5-15)27(36)37)25-22(10-17(30)11-23(25)35)34(26)18-8-9-20(31)21(32)12-18/h4-12,19,35H,13-14H2,1-3H3,(H,36,37). The van der Waals surface area contributed by atoms with E-state index in [4.69, 9.17) is 4.74 Å². The number of phenols is 1. The number of aromatic carboxylic acids is 1. The molecular weight excluding hydrogens is 513 g/mol. The van der Waals surface area contributed by atoms with E-state index in [9.17, 15) is 33.0 Å². The molecule has 202 valence electrons. The van der Waals surface area contributed by atoms with Gasteiger partial charge < -0.3 is 24.4 Å². The van der Waals surface area contributed by atoms with Crippen LogP contribution in [-0.2, 0) is 10.2 Å². The summed E-state index contributed by atoms with van der Waals surface area (Å²) in [5, 5.41) is 20.6. The highest BCUT2D eigenvalue weighted by Crippen LogP contribution is 2.53. The first-order chi connectivity index (χ1) is 18.4. The van der Waals surface area contributed by atoms with Crippen LogP contribution in [0, 0.1) is 17.5 Å². The molecule has 0 aliphatic heterocycles. The van der Waals surface area contributed by atoms with Gasteiger partial charge in [-0.2, -0.15) is 0 Å². The number of carboxylic acid groups (broad SMARTS) is 1. The molecular formula is C29H25F3N2O5. The van der Waals surface area contributed by atoms with Gasteiger partial charge in [-0.1, -0.05) is 19.1 Å². The molecule has 1 fully saturated rings. The Labute approximate surface area is 221 Å². The molecule has 1 heterocycles. The Balaban J connectivity index is 1.80. The maximum Gasteiger partial charge on any atom is 0.409 e. The molecule has 10 heteroatoms. The number of carbonyl (C=O) groups excluding carboxylic acids is 1. The molecule has 1 aromatic heterocycles. The van der Waals surface area contributed by atoms with Crippen LogP contribution >= 0.6 is 0 Å². The van der Waals surface area contributed by atoms with Gasteiger partial charge in [-0.25, -0.2) is 22.8 Å². The highest BCUT2D eigenvalue weighted by molar-refractivity contribution is 6.04. The minimum atomic E-state index is -1.12. The Morgan fingerprint density at radius 2 is 1.67 bits per heavy atom. The van der Waals surface area contributed by atoms with Gasteiger partial charge in [0.05, 0.1) is 16.5 Å². The molecule has 1 aliphatic rings. The number of halogens is 3. The molecule has 2 N–H and O–H groups in total. The largest absolute Gasteiger partial charge is 0.507 e. The molecule has 0 radical (unpaired) electrons. The van der Waals surface area contributed by atoms with E-state index in [0.717, 1.165) is 18.2 Å². The highest BCUT2D eigenvalue weighted by atomic mass is 19.2. The number of aromatic hydroxyl groups is 1. The van der Waals surface area contributed by atoms with Gasteiger partial charge in [0, 0.05) is 48.6 Å². The summed E-state index contributed by atoms with van der Waals surface area (Å²) in [6.07, 6.45) is -0.229. The maximum absolute atomic E-state index is 14.7. The van der Waals surface area contributed by atoms with Crippen molar-refractivity contribution in [2.24, 2.45) is 0 Å². The van der Waals surface area contributed by atoms with E-state index in [0.29, 0.717) is 29.7 Å². The smallest absolute Gasteiger partial charge is 0.409 e. The molecule has 1 amide bonds. The third kappa shape index (κ3) is 4.45. The van der Waals surface area contributed by atoms with E-state index < -0.39 is 41.0 Å². The molecule has 1 aliphatic carbocycles. The normalized spacial score (nSPS) is 18.6. The zero-order valence-corrected chi connectivity index (χ0v) is 21.3. The van der Waals surface area contributed by atoms with Gasteiger partial charge in [0.2, 0.25) is 0 Å². The summed E-state index contributed by atoms with van der Waals surface area (Å²) in [6, 6.07) is 11.4. The van der Waals surface area contributed by atoms with Crippen molar-refractivity contribution in [3.63, 3.8) is 0 Å². The minimum absolute atomic E-state index is 0.0467. The van der Waals surface area contributed by atoms with Crippen molar-refractivity contribution in [1.82, 2.24) is 9.47 Å². The van der Waals surface area contributed by atoms with Crippen LogP contribution in [0.3, 0.4) is 0 Å². The van der Waals surface area contributed by atoms with Crippen molar-refractivity contribution in [2.45, 2.75) is 31.3 Å². The molecule has 7 nitrogen and oxygen atoms in total. The molecule has 0 atom stereocenters. The Morgan fingerprint density at radius 1 is 1.00 bits per heavy atom. The second-order valence-electron chi connectivity index (χ2n) is 10.2. The van der Waals surface area contributed by atoms with Crippen molar-refractivity contribution in [2.75, 3.05) is 14.1 Å². The number of phenolic OH excluding ortho intramolecular Hbond substituents is 1. The van der Waals surface area contributed by atoms with Crippen LogP contribution < -0.4 is 0 Å². The zero-order chi connectivity index (χ0) is 28.2. The van der Waals surface area contributed by atoms with Gasteiger partial charge in [0.1, 0.15) is 17.7 Å². The number of aromatic nitrogens is 1. The number of rotatable bonds is 5. The summed E-state index contributed by atoms with van der Waals surface area (Å²) in [6.45, 7) is 1.90. The number of fused-ring (bicyclic) bond motifs is 1. The fourth-order valence-corrected chi connectivity index (χ4v) is 5.36. The van der Waals surface area contributed by atoms with Crippen molar-refractivity contribution < 1.29 is 37.7 Å². The van der Waals surface area contributed by atoms with Crippen LogP contribution in [0.2, 0.25) is 0 Å². The van der Waals surface area contributed by atoms with Gasteiger partial charge in [-0.05, 0) is 48.7 Å². The van der Waals surface area contributed by atoms with Crippen LogP contribution in [0.5, 0.6) is 5.75 Å². The minimum Gasteiger partial charge on any atom is -0.507 e. The van der Waals surface area contributed by atoms with Crippen LogP contribution in [0.1, 0.15) is 35.8 Å². The van der Waals surface area contributed by atoms with Crippen molar-refractivity contribution in [3.8, 4) is 22.6 Å². The quantitative estimate of drug-likeness (QED) is 0.314. The van der Waals surface area contributed by atoms with Gasteiger partial charge in [0.25, 0.3) is 0 Å². The van der Waals surface area contributed by atoms with E-state index in [1.807, 2.05) is 6.92 Å². The molecule has 0 saturated heterocycles. The summed E-state index contributed by atoms with van der Waals surface area (Å²) < 4.78 is 50.1. The molecule has 3 aromatic carbocycles. The Bertz CT molecular complexity index is 1620. The molecule has 0 spiro atoms. The Morgan fingerprint density at radius 3 is 2.26 bits per heavy atom.